The molecule has 2 aromatic heterocycles. The van der Waals surface area contributed by atoms with Gasteiger partial charge in [0.15, 0.2) is 0 Å². The van der Waals surface area contributed by atoms with Crippen molar-refractivity contribution in [1.29, 1.82) is 0 Å². The summed E-state index contributed by atoms with van der Waals surface area (Å²) >= 11 is 1.57. The van der Waals surface area contributed by atoms with Gasteiger partial charge in [0.25, 0.3) is 0 Å². The van der Waals surface area contributed by atoms with Crippen LogP contribution in [0.3, 0.4) is 0 Å². The Hall–Kier alpha value is -1.73. The summed E-state index contributed by atoms with van der Waals surface area (Å²) in [6.07, 6.45) is 4.67. The van der Waals surface area contributed by atoms with Gasteiger partial charge < -0.3 is 15.0 Å². The Bertz CT molecular complexity index is 650. The molecule has 7 heteroatoms. The van der Waals surface area contributed by atoms with Gasteiger partial charge >= 0.3 is 0 Å². The van der Waals surface area contributed by atoms with Gasteiger partial charge in [-0.05, 0) is 19.8 Å². The molecule has 0 radical (unpaired) electrons. The topological polar surface area (TPSA) is 67.3 Å². The normalized spacial score (nSPS) is 16.4. The first kappa shape index (κ1) is 14.2. The smallest absolute Gasteiger partial charge is 0.211 e. The lowest BCUT2D eigenvalue weighted by Gasteiger charge is -2.33. The molecule has 1 aliphatic rings. The van der Waals surface area contributed by atoms with Gasteiger partial charge in [-0.3, -0.25) is 4.79 Å². The van der Waals surface area contributed by atoms with Crippen LogP contribution in [0.1, 0.15) is 17.8 Å². The highest BCUT2D eigenvalue weighted by Crippen LogP contribution is 2.36. The van der Waals surface area contributed by atoms with Gasteiger partial charge in [0.05, 0.1) is 28.7 Å². The lowest BCUT2D eigenvalue weighted by Crippen LogP contribution is -2.37. The molecule has 21 heavy (non-hydrogen) atoms. The van der Waals surface area contributed by atoms with E-state index in [0.29, 0.717) is 12.5 Å². The fraction of sp³-hybridized carbons (Fsp3) is 0.500. The van der Waals surface area contributed by atoms with Crippen LogP contribution in [0.2, 0.25) is 0 Å². The van der Waals surface area contributed by atoms with E-state index in [0.717, 1.165) is 52.7 Å². The summed E-state index contributed by atoms with van der Waals surface area (Å²) in [5, 5.41) is 3.73. The third-order valence-corrected chi connectivity index (χ3v) is 4.69. The third kappa shape index (κ3) is 2.71. The molecule has 0 atom stereocenters. The van der Waals surface area contributed by atoms with Crippen LogP contribution < -0.4 is 10.2 Å². The molecule has 112 valence electrons. The number of thiazole rings is 1. The Morgan fingerprint density at radius 2 is 2.24 bits per heavy atom. The zero-order chi connectivity index (χ0) is 14.8. The van der Waals surface area contributed by atoms with E-state index in [-0.39, 0.29) is 0 Å². The molecule has 1 N–H and O–H groups in total. The molecule has 0 saturated carbocycles. The van der Waals surface area contributed by atoms with Crippen LogP contribution in [-0.4, -0.2) is 42.7 Å². The summed E-state index contributed by atoms with van der Waals surface area (Å²) in [6.45, 7) is 3.75. The number of methoxy groups -OCH3 is 1. The summed E-state index contributed by atoms with van der Waals surface area (Å²) in [5.41, 5.74) is 2.57. The highest BCUT2D eigenvalue weighted by molar-refractivity contribution is 7.18. The predicted octanol–water partition coefficient (Wildman–Crippen LogP) is 2.18. The number of hydrogen-bond acceptors (Lipinski definition) is 6. The molecule has 1 aliphatic heterocycles. The summed E-state index contributed by atoms with van der Waals surface area (Å²) < 4.78 is 5.42. The SMILES string of the molecule is COC1CCN(c2c(NC=O)cnc3sc(C)nc23)CC1. The van der Waals surface area contributed by atoms with Crippen molar-refractivity contribution in [2.75, 3.05) is 30.4 Å². The van der Waals surface area contributed by atoms with Gasteiger partial charge in [-0.25, -0.2) is 9.97 Å². The van der Waals surface area contributed by atoms with Crippen molar-refractivity contribution in [2.45, 2.75) is 25.9 Å². The van der Waals surface area contributed by atoms with Crippen LogP contribution in [-0.2, 0) is 9.53 Å². The van der Waals surface area contributed by atoms with Crippen molar-refractivity contribution < 1.29 is 9.53 Å². The number of aryl methyl sites for hydroxylation is 1. The zero-order valence-electron chi connectivity index (χ0n) is 12.1. The number of rotatable bonds is 4. The monoisotopic (exact) mass is 306 g/mol. The Morgan fingerprint density at radius 3 is 2.90 bits per heavy atom. The van der Waals surface area contributed by atoms with Gasteiger partial charge in [0.2, 0.25) is 6.41 Å². The highest BCUT2D eigenvalue weighted by Gasteiger charge is 2.24. The van der Waals surface area contributed by atoms with Gasteiger partial charge in [-0.1, -0.05) is 11.3 Å². The van der Waals surface area contributed by atoms with Crippen LogP contribution in [0.15, 0.2) is 6.20 Å². The van der Waals surface area contributed by atoms with E-state index in [1.165, 1.54) is 0 Å². The molecule has 0 unspecified atom stereocenters. The number of fused-ring (bicyclic) bond motifs is 1. The van der Waals surface area contributed by atoms with E-state index in [1.54, 1.807) is 24.6 Å². The van der Waals surface area contributed by atoms with Crippen molar-refractivity contribution in [3.63, 3.8) is 0 Å². The third-order valence-electron chi connectivity index (χ3n) is 3.81. The lowest BCUT2D eigenvalue weighted by atomic mass is 10.1. The van der Waals surface area contributed by atoms with Crippen LogP contribution in [0.5, 0.6) is 0 Å². The maximum atomic E-state index is 10.9. The predicted molar refractivity (Wildman–Crippen MR) is 84.1 cm³/mol. The van der Waals surface area contributed by atoms with E-state index in [4.69, 9.17) is 4.74 Å². The number of carbonyl (C=O) groups is 1. The average Bonchev–Trinajstić information content (AvgIpc) is 2.88. The molecule has 3 rings (SSSR count). The minimum atomic E-state index is 0.318. The number of anilines is 2. The first-order valence-electron chi connectivity index (χ1n) is 6.97. The van der Waals surface area contributed by atoms with Gasteiger partial charge in [-0.2, -0.15) is 0 Å². The zero-order valence-corrected chi connectivity index (χ0v) is 12.9. The van der Waals surface area contributed by atoms with Crippen LogP contribution >= 0.6 is 11.3 Å². The minimum absolute atomic E-state index is 0.318. The van der Waals surface area contributed by atoms with Crippen molar-refractivity contribution in [1.82, 2.24) is 9.97 Å². The number of pyridine rings is 1. The van der Waals surface area contributed by atoms with E-state index in [9.17, 15) is 4.79 Å². The quantitative estimate of drug-likeness (QED) is 0.877. The van der Waals surface area contributed by atoms with E-state index < -0.39 is 0 Å². The van der Waals surface area contributed by atoms with Crippen LogP contribution in [0.25, 0.3) is 10.3 Å². The summed E-state index contributed by atoms with van der Waals surface area (Å²) in [6, 6.07) is 0. The first-order valence-corrected chi connectivity index (χ1v) is 7.78. The molecular formula is C14H18N4O2S. The maximum Gasteiger partial charge on any atom is 0.211 e. The molecule has 0 aliphatic carbocycles. The van der Waals surface area contributed by atoms with Gasteiger partial charge in [-0.15, -0.1) is 0 Å². The Balaban J connectivity index is 2.01. The highest BCUT2D eigenvalue weighted by atomic mass is 32.1. The number of hydrogen-bond donors (Lipinski definition) is 1. The summed E-state index contributed by atoms with van der Waals surface area (Å²) in [4.78, 5) is 23.0. The molecule has 1 fully saturated rings. The largest absolute Gasteiger partial charge is 0.381 e. The number of nitrogens with one attached hydrogen (secondary N) is 1. The van der Waals surface area contributed by atoms with Crippen molar-refractivity contribution >= 4 is 39.5 Å². The first-order chi connectivity index (χ1) is 10.2. The van der Waals surface area contributed by atoms with E-state index >= 15 is 0 Å². The Kier molecular flexibility index (Phi) is 4.03. The minimum Gasteiger partial charge on any atom is -0.381 e. The van der Waals surface area contributed by atoms with Gasteiger partial charge in [0, 0.05) is 20.2 Å². The molecule has 6 nitrogen and oxygen atoms in total. The molecule has 0 aromatic carbocycles. The Labute approximate surface area is 127 Å². The molecular weight excluding hydrogens is 288 g/mol. The number of piperidine rings is 1. The standard InChI is InChI=1S/C14H18N4O2S/c1-9-17-12-13(18-5-3-10(20-2)4-6-18)11(16-8-19)7-15-14(12)21-9/h7-8,10H,3-6H2,1-2H3,(H,16,19). The number of ether oxygens (including phenoxy) is 1. The van der Waals surface area contributed by atoms with Gasteiger partial charge in [0.1, 0.15) is 10.3 Å². The van der Waals surface area contributed by atoms with Crippen LogP contribution in [0.4, 0.5) is 11.4 Å². The van der Waals surface area contributed by atoms with Crippen molar-refractivity contribution in [3.05, 3.63) is 11.2 Å². The van der Waals surface area contributed by atoms with E-state index in [1.807, 2.05) is 6.92 Å². The molecule has 2 aromatic rings. The summed E-state index contributed by atoms with van der Waals surface area (Å²) in [7, 11) is 1.76. The molecule has 0 bridgehead atoms. The summed E-state index contributed by atoms with van der Waals surface area (Å²) in [5.74, 6) is 0. The van der Waals surface area contributed by atoms with Crippen LogP contribution in [0, 0.1) is 6.92 Å². The number of aromatic nitrogens is 2. The number of amides is 1. The fourth-order valence-electron chi connectivity index (χ4n) is 2.77. The molecule has 1 amide bonds. The van der Waals surface area contributed by atoms with Crippen molar-refractivity contribution in [2.24, 2.45) is 0 Å². The fourth-order valence-corrected chi connectivity index (χ4v) is 3.54. The second kappa shape index (κ2) is 5.95. The lowest BCUT2D eigenvalue weighted by molar-refractivity contribution is -0.105. The average molecular weight is 306 g/mol. The van der Waals surface area contributed by atoms with E-state index in [2.05, 4.69) is 20.2 Å². The second-order valence-corrected chi connectivity index (χ2v) is 6.27. The molecule has 0 spiro atoms. The Morgan fingerprint density at radius 1 is 1.48 bits per heavy atom. The number of carbonyl (C=O) groups excluding carboxylic acids is 1. The maximum absolute atomic E-state index is 10.9. The second-order valence-electron chi connectivity index (χ2n) is 5.09. The number of nitrogens with zero attached hydrogens (tertiary/aromatic N) is 3. The van der Waals surface area contributed by atoms with Crippen molar-refractivity contribution in [3.8, 4) is 0 Å². The molecule has 1 saturated heterocycles. The molecule has 3 heterocycles.